The lowest BCUT2D eigenvalue weighted by molar-refractivity contribution is -0.147. The van der Waals surface area contributed by atoms with Crippen LogP contribution in [0.25, 0.3) is 0 Å². The number of piperidine rings is 1. The molecule has 2 atom stereocenters. The molecule has 1 heterocycles. The van der Waals surface area contributed by atoms with Crippen molar-refractivity contribution >= 4 is 35.3 Å². The molecule has 6 nitrogen and oxygen atoms in total. The molecule has 0 spiro atoms. The van der Waals surface area contributed by atoms with Gasteiger partial charge in [-0.1, -0.05) is 29.8 Å². The molecule has 0 bridgehead atoms. The van der Waals surface area contributed by atoms with Crippen LogP contribution in [-0.4, -0.2) is 60.4 Å². The summed E-state index contributed by atoms with van der Waals surface area (Å²) >= 11 is 7.84. The molecule has 1 unspecified atom stereocenters. The monoisotopic (exact) mass is 399 g/mol. The van der Waals surface area contributed by atoms with Gasteiger partial charge in [0, 0.05) is 36.5 Å². The average Bonchev–Trinajstić information content (AvgIpc) is 2.62. The predicted molar refractivity (Wildman–Crippen MR) is 101 cm³/mol. The van der Waals surface area contributed by atoms with E-state index in [1.165, 1.54) is 13.2 Å². The van der Waals surface area contributed by atoms with Crippen LogP contribution in [0.5, 0.6) is 0 Å². The van der Waals surface area contributed by atoms with Crippen LogP contribution >= 0.6 is 23.4 Å². The molecule has 0 aromatic heterocycles. The van der Waals surface area contributed by atoms with E-state index in [1.54, 1.807) is 37.1 Å². The number of ether oxygens (including phenoxy) is 2. The zero-order chi connectivity index (χ0) is 19.1. The second kappa shape index (κ2) is 9.97. The number of halogens is 1. The van der Waals surface area contributed by atoms with E-state index in [0.29, 0.717) is 36.0 Å². The Hall–Kier alpha value is -1.54. The number of hydrogen-bond donors (Lipinski definition) is 1. The van der Waals surface area contributed by atoms with Gasteiger partial charge in [-0.15, -0.1) is 11.8 Å². The number of hydrogen-bond acceptors (Lipinski definition) is 6. The van der Waals surface area contributed by atoms with Gasteiger partial charge in [0.25, 0.3) is 0 Å². The fourth-order valence-corrected chi connectivity index (χ4v) is 4.19. The predicted octanol–water partition coefficient (Wildman–Crippen LogP) is 2.98. The highest BCUT2D eigenvalue weighted by Gasteiger charge is 2.35. The van der Waals surface area contributed by atoms with Gasteiger partial charge in [-0.2, -0.15) is 0 Å². The minimum atomic E-state index is -1.00. The minimum absolute atomic E-state index is 0.0341. The summed E-state index contributed by atoms with van der Waals surface area (Å²) in [6, 6.07) is 6.44. The number of aliphatic carboxylic acids is 1. The van der Waals surface area contributed by atoms with Crippen molar-refractivity contribution in [3.05, 3.63) is 46.5 Å². The number of carbonyl (C=O) groups excluding carboxylic acids is 1. The quantitative estimate of drug-likeness (QED) is 0.429. The van der Waals surface area contributed by atoms with Gasteiger partial charge < -0.3 is 14.6 Å². The molecule has 0 radical (unpaired) electrons. The lowest BCUT2D eigenvalue weighted by atomic mass is 9.98. The number of nitrogens with zero attached hydrogens (tertiary/aromatic N) is 1. The first-order valence-corrected chi connectivity index (χ1v) is 9.50. The summed E-state index contributed by atoms with van der Waals surface area (Å²) in [4.78, 5) is 25.6. The summed E-state index contributed by atoms with van der Waals surface area (Å²) in [6.07, 6.45) is 1.92. The van der Waals surface area contributed by atoms with Crippen LogP contribution in [0.2, 0.25) is 5.02 Å². The number of methoxy groups -OCH3 is 2. The molecule has 1 aromatic rings. The molecule has 1 aromatic carbocycles. The SMILES string of the molecule is COCSC1CCN([C@H](C(=O)OC)c2ccccc2Cl)C/C1=C/C(=O)O. The van der Waals surface area contributed by atoms with E-state index in [0.717, 1.165) is 5.57 Å². The number of esters is 1. The van der Waals surface area contributed by atoms with Crippen LogP contribution < -0.4 is 0 Å². The van der Waals surface area contributed by atoms with Gasteiger partial charge >= 0.3 is 11.9 Å². The summed E-state index contributed by atoms with van der Waals surface area (Å²) in [5, 5.41) is 9.71. The third-order valence-electron chi connectivity index (χ3n) is 4.16. The van der Waals surface area contributed by atoms with E-state index in [9.17, 15) is 14.7 Å². The van der Waals surface area contributed by atoms with Crippen LogP contribution in [-0.2, 0) is 19.1 Å². The minimum Gasteiger partial charge on any atom is -0.478 e. The van der Waals surface area contributed by atoms with Crippen LogP contribution in [0.1, 0.15) is 18.0 Å². The number of carboxylic acid groups (broad SMARTS) is 1. The van der Waals surface area contributed by atoms with E-state index in [4.69, 9.17) is 21.1 Å². The summed E-state index contributed by atoms with van der Waals surface area (Å²) in [7, 11) is 2.94. The first kappa shape index (κ1) is 20.8. The average molecular weight is 400 g/mol. The molecular weight excluding hydrogens is 378 g/mol. The maximum Gasteiger partial charge on any atom is 0.328 e. The maximum atomic E-state index is 12.5. The van der Waals surface area contributed by atoms with Crippen molar-refractivity contribution in [2.45, 2.75) is 17.7 Å². The van der Waals surface area contributed by atoms with Gasteiger partial charge in [-0.25, -0.2) is 9.59 Å². The van der Waals surface area contributed by atoms with Gasteiger partial charge in [0.2, 0.25) is 0 Å². The Morgan fingerprint density at radius 2 is 2.15 bits per heavy atom. The number of benzene rings is 1. The summed E-state index contributed by atoms with van der Waals surface area (Å²) in [5.41, 5.74) is 1.39. The first-order valence-electron chi connectivity index (χ1n) is 8.08. The van der Waals surface area contributed by atoms with Crippen LogP contribution in [0.15, 0.2) is 35.9 Å². The number of rotatable bonds is 7. The van der Waals surface area contributed by atoms with E-state index >= 15 is 0 Å². The highest BCUT2D eigenvalue weighted by Crippen LogP contribution is 2.35. The Kier molecular flexibility index (Phi) is 7.96. The second-order valence-electron chi connectivity index (χ2n) is 5.83. The first-order chi connectivity index (χ1) is 12.5. The van der Waals surface area contributed by atoms with Gasteiger partial charge in [0.15, 0.2) is 0 Å². The molecule has 1 aliphatic heterocycles. The normalized spacial score (nSPS) is 20.7. The molecule has 0 amide bonds. The Labute approximate surface area is 162 Å². The maximum absolute atomic E-state index is 12.5. The van der Waals surface area contributed by atoms with Crippen molar-refractivity contribution < 1.29 is 24.2 Å². The number of carbonyl (C=O) groups is 2. The van der Waals surface area contributed by atoms with E-state index in [1.807, 2.05) is 11.0 Å². The number of carboxylic acids is 1. The van der Waals surface area contributed by atoms with Gasteiger partial charge in [0.1, 0.15) is 6.04 Å². The third kappa shape index (κ3) is 5.23. The highest BCUT2D eigenvalue weighted by atomic mass is 35.5. The highest BCUT2D eigenvalue weighted by molar-refractivity contribution is 7.99. The van der Waals surface area contributed by atoms with Crippen molar-refractivity contribution in [1.82, 2.24) is 4.90 Å². The van der Waals surface area contributed by atoms with Crippen molar-refractivity contribution in [3.63, 3.8) is 0 Å². The van der Waals surface area contributed by atoms with Crippen molar-refractivity contribution in [2.75, 3.05) is 33.2 Å². The molecule has 26 heavy (non-hydrogen) atoms. The van der Waals surface area contributed by atoms with Crippen molar-refractivity contribution in [2.24, 2.45) is 0 Å². The summed E-state index contributed by atoms with van der Waals surface area (Å²) < 4.78 is 10.1. The molecule has 0 aliphatic carbocycles. The van der Waals surface area contributed by atoms with Crippen molar-refractivity contribution in [3.8, 4) is 0 Å². The molecule has 1 fully saturated rings. The Morgan fingerprint density at radius 3 is 2.77 bits per heavy atom. The number of thioether (sulfide) groups is 1. The standard InChI is InChI=1S/C18H22ClNO5S/c1-24-11-26-15-7-8-20(10-12(15)9-16(21)22)17(18(23)25-2)13-5-3-4-6-14(13)19/h3-6,9,15,17H,7-8,10-11H2,1-2H3,(H,21,22)/b12-9-/t15?,17-/m0/s1. The van der Waals surface area contributed by atoms with Crippen LogP contribution in [0, 0.1) is 0 Å². The van der Waals surface area contributed by atoms with Crippen LogP contribution in [0.3, 0.4) is 0 Å². The van der Waals surface area contributed by atoms with Gasteiger partial charge in [-0.05, 0) is 23.6 Å². The lowest BCUT2D eigenvalue weighted by Gasteiger charge is -2.38. The summed E-state index contributed by atoms with van der Waals surface area (Å²) in [6.45, 7) is 0.960. The second-order valence-corrected chi connectivity index (χ2v) is 7.37. The topological polar surface area (TPSA) is 76.1 Å². The van der Waals surface area contributed by atoms with Gasteiger partial charge in [-0.3, -0.25) is 4.90 Å². The van der Waals surface area contributed by atoms with E-state index in [2.05, 4.69) is 0 Å². The smallest absolute Gasteiger partial charge is 0.328 e. The molecule has 0 saturated carbocycles. The van der Waals surface area contributed by atoms with Crippen molar-refractivity contribution in [1.29, 1.82) is 0 Å². The van der Waals surface area contributed by atoms with Gasteiger partial charge in [0.05, 0.1) is 13.0 Å². The molecule has 1 aliphatic rings. The lowest BCUT2D eigenvalue weighted by Crippen LogP contribution is -2.43. The number of likely N-dealkylation sites (tertiary alicyclic amines) is 1. The molecule has 8 heteroatoms. The molecule has 1 N–H and O–H groups in total. The zero-order valence-corrected chi connectivity index (χ0v) is 16.3. The fourth-order valence-electron chi connectivity index (χ4n) is 3.02. The molecule has 2 rings (SSSR count). The summed E-state index contributed by atoms with van der Waals surface area (Å²) in [5.74, 6) is -0.944. The third-order valence-corrected chi connectivity index (χ3v) is 5.82. The van der Waals surface area contributed by atoms with E-state index < -0.39 is 18.0 Å². The zero-order valence-electron chi connectivity index (χ0n) is 14.7. The van der Waals surface area contributed by atoms with Crippen LogP contribution in [0.4, 0.5) is 0 Å². The molecular formula is C18H22ClNO5S. The fraction of sp³-hybridized carbons (Fsp3) is 0.444. The molecule has 1 saturated heterocycles. The molecule has 142 valence electrons. The Morgan fingerprint density at radius 1 is 1.42 bits per heavy atom. The Bertz CT molecular complexity index is 681. The Balaban J connectivity index is 2.31. The van der Waals surface area contributed by atoms with E-state index in [-0.39, 0.29) is 5.25 Å². The largest absolute Gasteiger partial charge is 0.478 e.